The fraction of sp³-hybridized carbons (Fsp3) is 0.444. The van der Waals surface area contributed by atoms with Gasteiger partial charge in [0.25, 0.3) is 0 Å². The lowest BCUT2D eigenvalue weighted by Gasteiger charge is -2.51. The van der Waals surface area contributed by atoms with Crippen LogP contribution in [0.1, 0.15) is 12.8 Å². The molecule has 0 unspecified atom stereocenters. The molecule has 1 heteroatoms. The van der Waals surface area contributed by atoms with E-state index >= 15 is 0 Å². The zero-order valence-corrected chi connectivity index (χ0v) is 6.27. The highest BCUT2D eigenvalue weighted by Crippen LogP contribution is 2.38. The van der Waals surface area contributed by atoms with Crippen LogP contribution in [0.3, 0.4) is 0 Å². The van der Waals surface area contributed by atoms with E-state index < -0.39 is 11.1 Å². The van der Waals surface area contributed by atoms with Crippen molar-refractivity contribution < 1.29 is 0 Å². The summed E-state index contributed by atoms with van der Waals surface area (Å²) >= 11 is 0. The van der Waals surface area contributed by atoms with Gasteiger partial charge in [-0.3, -0.25) is 0 Å². The highest BCUT2D eigenvalue weighted by molar-refractivity contribution is 5.30. The highest BCUT2D eigenvalue weighted by Gasteiger charge is 2.27. The molecule has 54 valence electrons. The molecule has 1 heterocycles. The second kappa shape index (κ2) is 2.03. The molecule has 0 aromatic carbocycles. The first-order valence-electron chi connectivity index (χ1n) is 3.39. The standard InChI is InChI=1S/C9H13N/c1-8(2)6-5-7-9(3,4)10-8/h5H,1-4,6-7H2. The summed E-state index contributed by atoms with van der Waals surface area (Å²) in [6, 6.07) is 0. The molecule has 1 aliphatic rings. The Morgan fingerprint density at radius 3 is 1.80 bits per heavy atom. The van der Waals surface area contributed by atoms with E-state index in [9.17, 15) is 0 Å². The van der Waals surface area contributed by atoms with E-state index in [4.69, 9.17) is 0 Å². The minimum atomic E-state index is -0.443. The van der Waals surface area contributed by atoms with Crippen molar-refractivity contribution in [3.05, 3.63) is 39.4 Å². The molecule has 0 aromatic heterocycles. The minimum Gasteiger partial charge on any atom is -0.621 e. The van der Waals surface area contributed by atoms with Gasteiger partial charge in [0, 0.05) is 13.8 Å². The van der Waals surface area contributed by atoms with Crippen molar-refractivity contribution in [2.75, 3.05) is 0 Å². The molecule has 10 heavy (non-hydrogen) atoms. The predicted molar refractivity (Wildman–Crippen MR) is 43.8 cm³/mol. The van der Waals surface area contributed by atoms with E-state index in [2.05, 4.69) is 39.4 Å². The van der Waals surface area contributed by atoms with Crippen LogP contribution in [0, 0.1) is 34.1 Å². The molecule has 0 radical (unpaired) electrons. The van der Waals surface area contributed by atoms with Gasteiger partial charge in [0.05, 0.1) is 19.3 Å². The fourth-order valence-electron chi connectivity index (χ4n) is 1.20. The van der Waals surface area contributed by atoms with Crippen LogP contribution < -0.4 is 0 Å². The first-order chi connectivity index (χ1) is 4.41. The van der Waals surface area contributed by atoms with Crippen LogP contribution in [-0.2, 0) is 0 Å². The first-order valence-corrected chi connectivity index (χ1v) is 3.39. The lowest BCUT2D eigenvalue weighted by atomic mass is 9.83. The van der Waals surface area contributed by atoms with E-state index in [0.717, 1.165) is 12.8 Å². The lowest BCUT2D eigenvalue weighted by molar-refractivity contribution is 0.509. The average Bonchev–Trinajstić information content (AvgIpc) is 1.56. The third-order valence-electron chi connectivity index (χ3n) is 1.52. The van der Waals surface area contributed by atoms with Crippen molar-refractivity contribution in [1.29, 1.82) is 0 Å². The van der Waals surface area contributed by atoms with Crippen LogP contribution in [0.2, 0.25) is 0 Å². The number of rotatable bonds is 0. The summed E-state index contributed by atoms with van der Waals surface area (Å²) < 4.78 is 0. The Hall–Kier alpha value is -0.430. The van der Waals surface area contributed by atoms with Gasteiger partial charge in [-0.2, -0.15) is 0 Å². The second-order valence-electron chi connectivity index (χ2n) is 3.26. The van der Waals surface area contributed by atoms with Gasteiger partial charge in [0.2, 0.25) is 0 Å². The number of hydrogen-bond donors (Lipinski definition) is 0. The molecule has 0 saturated carbocycles. The smallest absolute Gasteiger partial charge is 0.0856 e. The maximum Gasteiger partial charge on any atom is 0.0856 e. The Morgan fingerprint density at radius 1 is 1.20 bits per heavy atom. The zero-order valence-electron chi connectivity index (χ0n) is 6.27. The van der Waals surface area contributed by atoms with E-state index in [1.165, 1.54) is 0 Å². The van der Waals surface area contributed by atoms with E-state index in [1.807, 2.05) is 0 Å². The van der Waals surface area contributed by atoms with E-state index in [0.29, 0.717) is 0 Å². The predicted octanol–water partition coefficient (Wildman–Crippen LogP) is 2.17. The molecular formula is C9H13N. The van der Waals surface area contributed by atoms with Crippen LogP contribution in [-0.4, -0.2) is 11.1 Å². The van der Waals surface area contributed by atoms with Gasteiger partial charge in [-0.05, 0) is 0 Å². The molecule has 0 N–H and O–H groups in total. The molecule has 1 nitrogen and oxygen atoms in total. The Balaban J connectivity index is 2.56. The maximum atomic E-state index is 4.27. The Labute approximate surface area is 64.2 Å². The number of nitrogens with zero attached hydrogens (tertiary/aromatic N) is 1. The molecule has 0 aromatic rings. The van der Waals surface area contributed by atoms with Crippen molar-refractivity contribution in [3.8, 4) is 0 Å². The Kier molecular flexibility index (Phi) is 1.55. The monoisotopic (exact) mass is 135 g/mol. The van der Waals surface area contributed by atoms with Gasteiger partial charge in [-0.25, -0.2) is 0 Å². The van der Waals surface area contributed by atoms with Crippen LogP contribution in [0.5, 0.6) is 0 Å². The SMILES string of the molecule is [CH2+]C1([CH2-])C[CH+]CC([CH2+])([CH2-])[N-]1. The van der Waals surface area contributed by atoms with Gasteiger partial charge in [-0.1, -0.05) is 11.1 Å². The normalized spacial score (nSPS) is 48.2. The molecule has 0 bridgehead atoms. The molecule has 0 amide bonds. The summed E-state index contributed by atoms with van der Waals surface area (Å²) in [6.45, 7) is 15.3. The average molecular weight is 135 g/mol. The van der Waals surface area contributed by atoms with Crippen molar-refractivity contribution in [2.45, 2.75) is 23.9 Å². The quantitative estimate of drug-likeness (QED) is 0.452. The summed E-state index contributed by atoms with van der Waals surface area (Å²) in [5.41, 5.74) is -0.885. The second-order valence-corrected chi connectivity index (χ2v) is 3.26. The zero-order chi connectivity index (χ0) is 7.83. The maximum absolute atomic E-state index is 4.27. The lowest BCUT2D eigenvalue weighted by Crippen LogP contribution is -2.36. The largest absolute Gasteiger partial charge is 0.621 e. The molecular weight excluding hydrogens is 122 g/mol. The van der Waals surface area contributed by atoms with Crippen molar-refractivity contribution in [3.63, 3.8) is 0 Å². The third kappa shape index (κ3) is 1.77. The number of hydrogen-bond acceptors (Lipinski definition) is 0. The summed E-state index contributed by atoms with van der Waals surface area (Å²) in [5.74, 6) is 0. The molecule has 1 saturated heterocycles. The molecule has 0 aliphatic carbocycles. The Morgan fingerprint density at radius 2 is 1.60 bits per heavy atom. The van der Waals surface area contributed by atoms with Crippen LogP contribution in [0.25, 0.3) is 5.32 Å². The molecule has 0 atom stereocenters. The van der Waals surface area contributed by atoms with Crippen LogP contribution in [0.15, 0.2) is 0 Å². The molecule has 1 fully saturated rings. The Bertz CT molecular complexity index is 111. The van der Waals surface area contributed by atoms with Gasteiger partial charge in [0.15, 0.2) is 0 Å². The fourth-order valence-corrected chi connectivity index (χ4v) is 1.20. The van der Waals surface area contributed by atoms with Crippen molar-refractivity contribution in [1.82, 2.24) is 0 Å². The van der Waals surface area contributed by atoms with Gasteiger partial charge >= 0.3 is 0 Å². The van der Waals surface area contributed by atoms with Crippen LogP contribution >= 0.6 is 0 Å². The van der Waals surface area contributed by atoms with E-state index in [1.54, 1.807) is 0 Å². The van der Waals surface area contributed by atoms with Gasteiger partial charge in [0.1, 0.15) is 0 Å². The molecule has 1 aliphatic heterocycles. The molecule has 1 rings (SSSR count). The van der Waals surface area contributed by atoms with E-state index in [-0.39, 0.29) is 0 Å². The van der Waals surface area contributed by atoms with Crippen molar-refractivity contribution in [2.24, 2.45) is 0 Å². The summed E-state index contributed by atoms with van der Waals surface area (Å²) in [5, 5.41) is 4.27. The number of piperidine rings is 1. The van der Waals surface area contributed by atoms with Crippen LogP contribution in [0.4, 0.5) is 0 Å². The minimum absolute atomic E-state index is 0.443. The van der Waals surface area contributed by atoms with Gasteiger partial charge < -0.3 is 19.2 Å². The summed E-state index contributed by atoms with van der Waals surface area (Å²) in [6.07, 6.45) is 3.77. The summed E-state index contributed by atoms with van der Waals surface area (Å²) in [7, 11) is 0. The highest BCUT2D eigenvalue weighted by atomic mass is 15.0. The van der Waals surface area contributed by atoms with Gasteiger partial charge in [-0.15, -0.1) is 0 Å². The topological polar surface area (TPSA) is 14.1 Å². The first kappa shape index (κ1) is 7.67. The molecule has 0 spiro atoms. The summed E-state index contributed by atoms with van der Waals surface area (Å²) in [4.78, 5) is 0. The van der Waals surface area contributed by atoms with Crippen molar-refractivity contribution >= 4 is 0 Å². The third-order valence-corrected chi connectivity index (χ3v) is 1.52.